The fourth-order valence-electron chi connectivity index (χ4n) is 0.949. The molecule has 2 nitrogen and oxygen atoms in total. The quantitative estimate of drug-likeness (QED) is 0.535. The molecule has 0 aliphatic heterocycles. The molecular weight excluding hydrogens is 274 g/mol. The van der Waals surface area contributed by atoms with Crippen molar-refractivity contribution in [1.29, 1.82) is 0 Å². The lowest BCUT2D eigenvalue weighted by Crippen LogP contribution is -1.87. The molecule has 4 heteroatoms. The largest absolute Gasteiger partial charge is 0.289 e. The minimum atomic E-state index is 0.693. The van der Waals surface area contributed by atoms with Crippen molar-refractivity contribution in [2.24, 2.45) is 0 Å². The highest BCUT2D eigenvalue weighted by atomic mass is 127. The van der Waals surface area contributed by atoms with Crippen molar-refractivity contribution in [1.82, 2.24) is 9.38 Å². The van der Waals surface area contributed by atoms with Gasteiger partial charge in [-0.15, -0.1) is 0 Å². The van der Waals surface area contributed by atoms with Crippen LogP contribution in [0.15, 0.2) is 24.5 Å². The van der Waals surface area contributed by atoms with Gasteiger partial charge in [0.05, 0.1) is 3.57 Å². The van der Waals surface area contributed by atoms with Gasteiger partial charge in [0.25, 0.3) is 0 Å². The minimum absolute atomic E-state index is 0.693. The van der Waals surface area contributed by atoms with Crippen LogP contribution in [0.5, 0.6) is 0 Å². The van der Waals surface area contributed by atoms with E-state index in [1.165, 1.54) is 0 Å². The van der Waals surface area contributed by atoms with Crippen molar-refractivity contribution >= 4 is 39.8 Å². The van der Waals surface area contributed by atoms with Crippen LogP contribution in [-0.2, 0) is 0 Å². The summed E-state index contributed by atoms with van der Waals surface area (Å²) in [6, 6.07) is 3.81. The highest BCUT2D eigenvalue weighted by molar-refractivity contribution is 14.1. The summed E-state index contributed by atoms with van der Waals surface area (Å²) in [5.74, 6) is 0. The van der Waals surface area contributed by atoms with Gasteiger partial charge in [-0.3, -0.25) is 4.40 Å². The Bertz CT molecular complexity index is 360. The molecule has 0 amide bonds. The fourth-order valence-corrected chi connectivity index (χ4v) is 1.73. The molecule has 0 radical (unpaired) electrons. The van der Waals surface area contributed by atoms with E-state index in [1.54, 1.807) is 6.20 Å². The monoisotopic (exact) mass is 278 g/mol. The first-order valence-corrected chi connectivity index (χ1v) is 4.52. The van der Waals surface area contributed by atoms with Gasteiger partial charge in [-0.2, -0.15) is 0 Å². The summed E-state index contributed by atoms with van der Waals surface area (Å²) in [5.41, 5.74) is 0.915. The van der Waals surface area contributed by atoms with Crippen LogP contribution in [0.3, 0.4) is 0 Å². The number of fused-ring (bicyclic) bond motifs is 1. The number of hydrogen-bond donors (Lipinski definition) is 0. The molecule has 2 aromatic rings. The average Bonchev–Trinajstić information content (AvgIpc) is 2.45. The lowest BCUT2D eigenvalue weighted by molar-refractivity contribution is 1.18. The summed E-state index contributed by atoms with van der Waals surface area (Å²) in [6.07, 6.45) is 3.59. The van der Waals surface area contributed by atoms with E-state index in [0.29, 0.717) is 5.15 Å². The Labute approximate surface area is 82.3 Å². The predicted molar refractivity (Wildman–Crippen MR) is 52.9 cm³/mol. The molecule has 2 heterocycles. The van der Waals surface area contributed by atoms with Crippen molar-refractivity contribution in [3.8, 4) is 0 Å². The van der Waals surface area contributed by atoms with Gasteiger partial charge < -0.3 is 0 Å². The second-order valence-electron chi connectivity index (χ2n) is 2.12. The third-order valence-corrected chi connectivity index (χ3v) is 2.60. The number of nitrogens with zero attached hydrogens (tertiary/aromatic N) is 2. The molecule has 0 N–H and O–H groups in total. The summed E-state index contributed by atoms with van der Waals surface area (Å²) < 4.78 is 2.96. The number of halogens is 2. The zero-order valence-electron chi connectivity index (χ0n) is 5.46. The Balaban J connectivity index is 2.96. The highest BCUT2D eigenvalue weighted by Gasteiger charge is 2.00. The molecule has 0 saturated carbocycles. The molecule has 0 bridgehead atoms. The molecule has 0 aromatic carbocycles. The maximum Gasteiger partial charge on any atom is 0.151 e. The molecule has 0 fully saturated rings. The molecule has 11 heavy (non-hydrogen) atoms. The number of aromatic nitrogens is 2. The van der Waals surface area contributed by atoms with Crippen molar-refractivity contribution in [2.75, 3.05) is 0 Å². The van der Waals surface area contributed by atoms with Crippen LogP contribution in [0.2, 0.25) is 5.15 Å². The normalized spacial score (nSPS) is 10.7. The molecule has 0 spiro atoms. The van der Waals surface area contributed by atoms with Gasteiger partial charge in [0, 0.05) is 12.4 Å². The van der Waals surface area contributed by atoms with E-state index in [0.717, 1.165) is 9.22 Å². The van der Waals surface area contributed by atoms with Gasteiger partial charge in [0.2, 0.25) is 0 Å². The van der Waals surface area contributed by atoms with E-state index in [2.05, 4.69) is 27.6 Å². The summed E-state index contributed by atoms with van der Waals surface area (Å²) in [5, 5.41) is 0.693. The van der Waals surface area contributed by atoms with Crippen molar-refractivity contribution in [3.63, 3.8) is 0 Å². The van der Waals surface area contributed by atoms with Crippen LogP contribution >= 0.6 is 34.2 Å². The lowest BCUT2D eigenvalue weighted by Gasteiger charge is -1.97. The Hall–Kier alpha value is -0.290. The van der Waals surface area contributed by atoms with Gasteiger partial charge in [-0.05, 0) is 34.7 Å². The van der Waals surface area contributed by atoms with Crippen LogP contribution in [0.1, 0.15) is 0 Å². The minimum Gasteiger partial charge on any atom is -0.289 e. The van der Waals surface area contributed by atoms with E-state index in [9.17, 15) is 0 Å². The third-order valence-electron chi connectivity index (χ3n) is 1.45. The molecule has 2 rings (SSSR count). The summed E-state index contributed by atoms with van der Waals surface area (Å²) in [6.45, 7) is 0. The van der Waals surface area contributed by atoms with E-state index in [-0.39, 0.29) is 0 Å². The number of imidazole rings is 1. The van der Waals surface area contributed by atoms with Crippen LogP contribution in [0.4, 0.5) is 0 Å². The molecule has 0 aliphatic rings. The van der Waals surface area contributed by atoms with Gasteiger partial charge in [0.15, 0.2) is 5.65 Å². The number of hydrogen-bond acceptors (Lipinski definition) is 1. The van der Waals surface area contributed by atoms with Crippen molar-refractivity contribution in [2.45, 2.75) is 0 Å². The Morgan fingerprint density at radius 2 is 2.27 bits per heavy atom. The Morgan fingerprint density at radius 3 is 3.00 bits per heavy atom. The fraction of sp³-hybridized carbons (Fsp3) is 0. The Kier molecular flexibility index (Phi) is 1.77. The van der Waals surface area contributed by atoms with E-state index >= 15 is 0 Å². The standard InChI is InChI=1S/C7H4ClIN2/c8-6-2-1-5(9)7-10-3-4-11(6)7/h1-4H. The van der Waals surface area contributed by atoms with Gasteiger partial charge in [0.1, 0.15) is 5.15 Å². The molecule has 0 unspecified atom stereocenters. The molecule has 2 aromatic heterocycles. The second kappa shape index (κ2) is 2.64. The summed E-state index contributed by atoms with van der Waals surface area (Å²) >= 11 is 8.12. The molecule has 0 atom stereocenters. The first-order valence-electron chi connectivity index (χ1n) is 3.06. The van der Waals surface area contributed by atoms with Gasteiger partial charge in [-0.1, -0.05) is 11.6 Å². The van der Waals surface area contributed by atoms with E-state index < -0.39 is 0 Å². The van der Waals surface area contributed by atoms with Gasteiger partial charge in [-0.25, -0.2) is 4.98 Å². The highest BCUT2D eigenvalue weighted by Crippen LogP contribution is 2.17. The third kappa shape index (κ3) is 1.12. The van der Waals surface area contributed by atoms with Crippen molar-refractivity contribution < 1.29 is 0 Å². The zero-order valence-corrected chi connectivity index (χ0v) is 8.37. The number of rotatable bonds is 0. The second-order valence-corrected chi connectivity index (χ2v) is 3.67. The predicted octanol–water partition coefficient (Wildman–Crippen LogP) is 2.59. The van der Waals surface area contributed by atoms with Crippen LogP contribution < -0.4 is 0 Å². The maximum atomic E-state index is 5.89. The average molecular weight is 278 g/mol. The van der Waals surface area contributed by atoms with Crippen LogP contribution in [0.25, 0.3) is 5.65 Å². The molecule has 0 aliphatic carbocycles. The summed E-state index contributed by atoms with van der Waals surface area (Å²) in [4.78, 5) is 4.15. The maximum absolute atomic E-state index is 5.89. The SMILES string of the molecule is Clc1ccc(I)c2nccn12. The van der Waals surface area contributed by atoms with E-state index in [1.807, 2.05) is 22.7 Å². The van der Waals surface area contributed by atoms with Crippen LogP contribution in [-0.4, -0.2) is 9.38 Å². The molecule has 56 valence electrons. The topological polar surface area (TPSA) is 17.3 Å². The lowest BCUT2D eigenvalue weighted by atomic mass is 10.5. The molecule has 0 saturated heterocycles. The zero-order chi connectivity index (χ0) is 7.84. The first-order chi connectivity index (χ1) is 5.29. The molecular formula is C7H4ClIN2. The van der Waals surface area contributed by atoms with Crippen molar-refractivity contribution in [3.05, 3.63) is 33.2 Å². The Morgan fingerprint density at radius 1 is 1.45 bits per heavy atom. The first kappa shape index (κ1) is 7.36. The van der Waals surface area contributed by atoms with Gasteiger partial charge >= 0.3 is 0 Å². The summed E-state index contributed by atoms with van der Waals surface area (Å²) in [7, 11) is 0. The smallest absolute Gasteiger partial charge is 0.151 e. The van der Waals surface area contributed by atoms with Crippen LogP contribution in [0, 0.1) is 3.57 Å². The van der Waals surface area contributed by atoms with E-state index in [4.69, 9.17) is 11.6 Å². The number of pyridine rings is 1.